The third-order valence-corrected chi connectivity index (χ3v) is 3.50. The molecule has 0 aromatic heterocycles. The van der Waals surface area contributed by atoms with Crippen LogP contribution in [0.4, 0.5) is 0 Å². The Kier molecular flexibility index (Phi) is 4.93. The van der Waals surface area contributed by atoms with Crippen LogP contribution in [-0.2, 0) is 9.59 Å². The van der Waals surface area contributed by atoms with Crippen LogP contribution in [0, 0.1) is 0 Å². The smallest absolute Gasteiger partial charge is 0.329 e. The van der Waals surface area contributed by atoms with E-state index in [0.717, 1.165) is 25.7 Å². The number of aliphatic carboxylic acids is 1. The first kappa shape index (κ1) is 14.0. The Labute approximate surface area is 102 Å². The second kappa shape index (κ2) is 6.00. The summed E-state index contributed by atoms with van der Waals surface area (Å²) in [5.74, 6) is -0.935. The van der Waals surface area contributed by atoms with Gasteiger partial charge < -0.3 is 15.7 Å². The van der Waals surface area contributed by atoms with Crippen LogP contribution in [0.25, 0.3) is 0 Å². The monoisotopic (exact) mass is 242 g/mol. The van der Waals surface area contributed by atoms with Crippen LogP contribution in [0.5, 0.6) is 0 Å². The second-order valence-electron chi connectivity index (χ2n) is 4.83. The van der Waals surface area contributed by atoms with Gasteiger partial charge in [0.25, 0.3) is 0 Å². The van der Waals surface area contributed by atoms with E-state index >= 15 is 0 Å². The van der Waals surface area contributed by atoms with Gasteiger partial charge in [-0.2, -0.15) is 0 Å². The number of carboxylic acids is 1. The number of amides is 1. The van der Waals surface area contributed by atoms with Gasteiger partial charge in [-0.1, -0.05) is 6.42 Å². The van der Waals surface area contributed by atoms with Crippen molar-refractivity contribution in [3.63, 3.8) is 0 Å². The number of carboxylic acid groups (broad SMARTS) is 1. The summed E-state index contributed by atoms with van der Waals surface area (Å²) < 4.78 is 0. The zero-order chi connectivity index (χ0) is 12.9. The number of carbonyl (C=O) groups is 2. The van der Waals surface area contributed by atoms with E-state index in [1.165, 1.54) is 4.90 Å². The third kappa shape index (κ3) is 3.19. The van der Waals surface area contributed by atoms with Crippen molar-refractivity contribution < 1.29 is 14.7 Å². The molecule has 5 nitrogen and oxygen atoms in total. The molecule has 0 aromatic rings. The summed E-state index contributed by atoms with van der Waals surface area (Å²) in [6.07, 6.45) is 4.41. The summed E-state index contributed by atoms with van der Waals surface area (Å²) in [6, 6.07) is 0. The predicted molar refractivity (Wildman–Crippen MR) is 64.5 cm³/mol. The summed E-state index contributed by atoms with van der Waals surface area (Å²) in [5.41, 5.74) is 4.38. The van der Waals surface area contributed by atoms with Gasteiger partial charge >= 0.3 is 5.97 Å². The zero-order valence-electron chi connectivity index (χ0n) is 10.4. The first-order valence-corrected chi connectivity index (χ1v) is 6.26. The van der Waals surface area contributed by atoms with Gasteiger partial charge in [0.05, 0.1) is 0 Å². The number of nitrogens with two attached hydrogens (primary N) is 1. The summed E-state index contributed by atoms with van der Waals surface area (Å²) in [5, 5.41) is 9.19. The molecule has 0 bridgehead atoms. The van der Waals surface area contributed by atoms with Crippen LogP contribution in [0.15, 0.2) is 0 Å². The van der Waals surface area contributed by atoms with E-state index in [4.69, 9.17) is 5.73 Å². The van der Waals surface area contributed by atoms with Gasteiger partial charge in [-0.3, -0.25) is 4.79 Å². The minimum atomic E-state index is -0.995. The summed E-state index contributed by atoms with van der Waals surface area (Å²) in [6.45, 7) is 2.85. The molecule has 0 spiro atoms. The summed E-state index contributed by atoms with van der Waals surface area (Å²) in [4.78, 5) is 24.7. The molecule has 1 aliphatic rings. The Balaban J connectivity index is 2.48. The minimum Gasteiger partial charge on any atom is -0.480 e. The normalized spacial score (nSPS) is 24.0. The van der Waals surface area contributed by atoms with Crippen LogP contribution in [-0.4, -0.2) is 40.5 Å². The molecule has 1 rings (SSSR count). The highest BCUT2D eigenvalue weighted by Gasteiger charge is 2.45. The lowest BCUT2D eigenvalue weighted by atomic mass is 9.99. The molecule has 1 unspecified atom stereocenters. The van der Waals surface area contributed by atoms with E-state index in [0.29, 0.717) is 25.9 Å². The van der Waals surface area contributed by atoms with Gasteiger partial charge in [-0.15, -0.1) is 0 Å². The maximum atomic E-state index is 12.0. The molecule has 0 saturated carbocycles. The van der Waals surface area contributed by atoms with E-state index in [9.17, 15) is 14.7 Å². The fourth-order valence-electron chi connectivity index (χ4n) is 2.32. The highest BCUT2D eigenvalue weighted by Crippen LogP contribution is 2.30. The maximum absolute atomic E-state index is 12.0. The van der Waals surface area contributed by atoms with E-state index < -0.39 is 11.5 Å². The van der Waals surface area contributed by atoms with Crippen molar-refractivity contribution in [1.29, 1.82) is 0 Å². The summed E-state index contributed by atoms with van der Waals surface area (Å²) >= 11 is 0. The van der Waals surface area contributed by atoms with Crippen molar-refractivity contribution in [3.05, 3.63) is 0 Å². The average molecular weight is 242 g/mol. The molecule has 0 aromatic carbocycles. The largest absolute Gasteiger partial charge is 0.480 e. The standard InChI is InChI=1S/C12H22N2O3/c1-12(11(16)17)7-5-9-14(12)10(15)6-3-2-4-8-13/h2-9,13H2,1H3,(H,16,17). The Morgan fingerprint density at radius 1 is 1.35 bits per heavy atom. The fourth-order valence-corrected chi connectivity index (χ4v) is 2.32. The molecule has 1 heterocycles. The van der Waals surface area contributed by atoms with Crippen LogP contribution < -0.4 is 5.73 Å². The molecule has 1 aliphatic heterocycles. The molecule has 1 atom stereocenters. The molecular weight excluding hydrogens is 220 g/mol. The fraction of sp³-hybridized carbons (Fsp3) is 0.833. The molecule has 5 heteroatoms. The van der Waals surface area contributed by atoms with E-state index in [2.05, 4.69) is 0 Å². The summed E-state index contributed by atoms with van der Waals surface area (Å²) in [7, 11) is 0. The third-order valence-electron chi connectivity index (χ3n) is 3.50. The van der Waals surface area contributed by atoms with Crippen LogP contribution in [0.1, 0.15) is 45.4 Å². The lowest BCUT2D eigenvalue weighted by Gasteiger charge is -2.31. The first-order chi connectivity index (χ1) is 8.02. The van der Waals surface area contributed by atoms with Gasteiger partial charge in [0, 0.05) is 13.0 Å². The SMILES string of the molecule is CC1(C(=O)O)CCCN1C(=O)CCCCCN. The van der Waals surface area contributed by atoms with Gasteiger partial charge in [0.1, 0.15) is 5.54 Å². The van der Waals surface area contributed by atoms with Crippen LogP contribution in [0.2, 0.25) is 0 Å². The molecule has 17 heavy (non-hydrogen) atoms. The number of hydrogen-bond acceptors (Lipinski definition) is 3. The topological polar surface area (TPSA) is 83.6 Å². The minimum absolute atomic E-state index is 0.0376. The van der Waals surface area contributed by atoms with Gasteiger partial charge in [0.15, 0.2) is 0 Å². The lowest BCUT2D eigenvalue weighted by Crippen LogP contribution is -2.50. The molecular formula is C12H22N2O3. The molecule has 0 aliphatic carbocycles. The van der Waals surface area contributed by atoms with E-state index in [1.54, 1.807) is 6.92 Å². The van der Waals surface area contributed by atoms with Gasteiger partial charge in [0.2, 0.25) is 5.91 Å². The van der Waals surface area contributed by atoms with Crippen molar-refractivity contribution in [2.24, 2.45) is 5.73 Å². The molecule has 1 saturated heterocycles. The van der Waals surface area contributed by atoms with Crippen LogP contribution >= 0.6 is 0 Å². The molecule has 3 N–H and O–H groups in total. The number of likely N-dealkylation sites (tertiary alicyclic amines) is 1. The average Bonchev–Trinajstić information content (AvgIpc) is 2.68. The first-order valence-electron chi connectivity index (χ1n) is 6.26. The molecule has 0 radical (unpaired) electrons. The van der Waals surface area contributed by atoms with Crippen LogP contribution in [0.3, 0.4) is 0 Å². The lowest BCUT2D eigenvalue weighted by molar-refractivity contribution is -0.155. The molecule has 1 fully saturated rings. The van der Waals surface area contributed by atoms with Crippen molar-refractivity contribution in [3.8, 4) is 0 Å². The van der Waals surface area contributed by atoms with Crippen molar-refractivity contribution in [2.75, 3.05) is 13.1 Å². The van der Waals surface area contributed by atoms with Crippen molar-refractivity contribution >= 4 is 11.9 Å². The Morgan fingerprint density at radius 2 is 2.06 bits per heavy atom. The van der Waals surface area contributed by atoms with E-state index in [-0.39, 0.29) is 5.91 Å². The predicted octanol–water partition coefficient (Wildman–Crippen LogP) is 0.971. The zero-order valence-corrected chi connectivity index (χ0v) is 10.4. The second-order valence-corrected chi connectivity index (χ2v) is 4.83. The Bertz CT molecular complexity index is 293. The van der Waals surface area contributed by atoms with Gasteiger partial charge in [-0.05, 0) is 39.2 Å². The quantitative estimate of drug-likeness (QED) is 0.680. The number of hydrogen-bond donors (Lipinski definition) is 2. The van der Waals surface area contributed by atoms with Gasteiger partial charge in [-0.25, -0.2) is 4.79 Å². The van der Waals surface area contributed by atoms with Crippen molar-refractivity contribution in [2.45, 2.75) is 51.0 Å². The number of unbranched alkanes of at least 4 members (excludes halogenated alkanes) is 2. The molecule has 98 valence electrons. The number of nitrogens with zero attached hydrogens (tertiary/aromatic N) is 1. The van der Waals surface area contributed by atoms with E-state index in [1.807, 2.05) is 0 Å². The highest BCUT2D eigenvalue weighted by atomic mass is 16.4. The Morgan fingerprint density at radius 3 is 2.65 bits per heavy atom. The Hall–Kier alpha value is -1.10. The van der Waals surface area contributed by atoms with Crippen molar-refractivity contribution in [1.82, 2.24) is 4.90 Å². The highest BCUT2D eigenvalue weighted by molar-refractivity contribution is 5.87. The maximum Gasteiger partial charge on any atom is 0.329 e. The number of carbonyl (C=O) groups excluding carboxylic acids is 1. The molecule has 1 amide bonds. The number of rotatable bonds is 6.